The van der Waals surface area contributed by atoms with Gasteiger partial charge in [-0.15, -0.1) is 0 Å². The van der Waals surface area contributed by atoms with Crippen LogP contribution in [0.5, 0.6) is 0 Å². The molecule has 3 rings (SSSR count). The largest absolute Gasteiger partial charge is 0.357 e. The van der Waals surface area contributed by atoms with Crippen molar-refractivity contribution in [3.05, 3.63) is 35.5 Å². The van der Waals surface area contributed by atoms with E-state index in [0.717, 1.165) is 17.6 Å². The van der Waals surface area contributed by atoms with Crippen molar-refractivity contribution >= 4 is 10.9 Å². The van der Waals surface area contributed by atoms with Crippen LogP contribution < -0.4 is 0 Å². The number of fused-ring (bicyclic) bond motifs is 3. The molecular weight excluding hydrogens is 277 g/mol. The molecular formula is C16H21F3N2. The number of rotatable bonds is 2. The van der Waals surface area contributed by atoms with Gasteiger partial charge in [-0.1, -0.05) is 18.2 Å². The molecule has 0 bridgehead atoms. The molecule has 21 heavy (non-hydrogen) atoms. The lowest BCUT2D eigenvalue weighted by Crippen LogP contribution is -2.43. The zero-order valence-corrected chi connectivity index (χ0v) is 12.5. The van der Waals surface area contributed by atoms with Crippen molar-refractivity contribution in [1.82, 2.24) is 9.88 Å². The number of hydrogen-bond acceptors (Lipinski definition) is 1. The van der Waals surface area contributed by atoms with Gasteiger partial charge in [0.2, 0.25) is 0 Å². The average Bonchev–Trinajstić information content (AvgIpc) is 2.84. The number of H-pyrrole nitrogens is 1. The Morgan fingerprint density at radius 1 is 1.24 bits per heavy atom. The smallest absolute Gasteiger partial charge is 0.251 e. The standard InChI is InChI=1S/C15H18F2N2.CH3F/c1-9-7-12-11-5-3-4-6-13(11)18-15(12)10(2)19(9)8-14(16)17;1-2/h3-6,9-10,14,18H,7-8H2,1-2H3;1H3/t9-,10+;/m1./s1. The van der Waals surface area contributed by atoms with Gasteiger partial charge in [0, 0.05) is 28.7 Å². The fourth-order valence-corrected chi connectivity index (χ4v) is 3.26. The third-order valence-electron chi connectivity index (χ3n) is 4.18. The molecule has 1 aromatic heterocycles. The first kappa shape index (κ1) is 15.9. The van der Waals surface area contributed by atoms with Gasteiger partial charge in [-0.3, -0.25) is 9.29 Å². The third kappa shape index (κ3) is 2.93. The Labute approximate surface area is 122 Å². The van der Waals surface area contributed by atoms with Crippen LogP contribution in [0.4, 0.5) is 13.2 Å². The lowest BCUT2D eigenvalue weighted by Gasteiger charge is -2.38. The van der Waals surface area contributed by atoms with E-state index in [1.54, 1.807) is 0 Å². The van der Waals surface area contributed by atoms with Crippen LogP contribution in [-0.4, -0.2) is 36.1 Å². The minimum absolute atomic E-state index is 0.0140. The van der Waals surface area contributed by atoms with Crippen LogP contribution in [0.25, 0.3) is 10.9 Å². The number of halogens is 3. The van der Waals surface area contributed by atoms with E-state index in [-0.39, 0.29) is 18.6 Å². The maximum atomic E-state index is 12.7. The lowest BCUT2D eigenvalue weighted by atomic mass is 9.93. The predicted molar refractivity (Wildman–Crippen MR) is 79.6 cm³/mol. The van der Waals surface area contributed by atoms with Gasteiger partial charge in [-0.2, -0.15) is 0 Å². The Balaban J connectivity index is 0.000000774. The summed E-state index contributed by atoms with van der Waals surface area (Å²) in [6.07, 6.45) is -1.45. The van der Waals surface area contributed by atoms with E-state index in [2.05, 4.69) is 11.1 Å². The molecule has 2 nitrogen and oxygen atoms in total. The van der Waals surface area contributed by atoms with Crippen LogP contribution in [0.15, 0.2) is 24.3 Å². The SMILES string of the molecule is CF.C[C@@H]1Cc2c([nH]c3ccccc23)[C@H](C)N1CC(F)F. The topological polar surface area (TPSA) is 19.0 Å². The van der Waals surface area contributed by atoms with Crippen molar-refractivity contribution in [1.29, 1.82) is 0 Å². The Hall–Kier alpha value is -1.49. The molecule has 1 N–H and O–H groups in total. The molecule has 0 unspecified atom stereocenters. The molecule has 2 heterocycles. The molecule has 0 aliphatic carbocycles. The summed E-state index contributed by atoms with van der Waals surface area (Å²) in [4.78, 5) is 5.29. The minimum atomic E-state index is -2.28. The van der Waals surface area contributed by atoms with Crippen LogP contribution in [-0.2, 0) is 6.42 Å². The summed E-state index contributed by atoms with van der Waals surface area (Å²) in [5.41, 5.74) is 3.49. The molecule has 1 aliphatic rings. The highest BCUT2D eigenvalue weighted by Gasteiger charge is 2.33. The van der Waals surface area contributed by atoms with Crippen molar-refractivity contribution in [2.75, 3.05) is 13.7 Å². The number of nitrogens with one attached hydrogen (secondary N) is 1. The van der Waals surface area contributed by atoms with Crippen molar-refractivity contribution in [3.8, 4) is 0 Å². The van der Waals surface area contributed by atoms with Crippen LogP contribution >= 0.6 is 0 Å². The second-order valence-corrected chi connectivity index (χ2v) is 5.38. The fourth-order valence-electron chi connectivity index (χ4n) is 3.26. The molecule has 0 saturated heterocycles. The molecule has 0 amide bonds. The molecule has 0 spiro atoms. The van der Waals surface area contributed by atoms with E-state index >= 15 is 0 Å². The highest BCUT2D eigenvalue weighted by Crippen LogP contribution is 2.36. The van der Waals surface area contributed by atoms with E-state index in [1.807, 2.05) is 36.9 Å². The molecule has 0 radical (unpaired) electrons. The maximum Gasteiger partial charge on any atom is 0.251 e. The summed E-state index contributed by atoms with van der Waals surface area (Å²) < 4.78 is 34.9. The van der Waals surface area contributed by atoms with Gasteiger partial charge in [0.1, 0.15) is 0 Å². The zero-order chi connectivity index (χ0) is 15.6. The van der Waals surface area contributed by atoms with Crippen LogP contribution in [0, 0.1) is 0 Å². The monoisotopic (exact) mass is 298 g/mol. The summed E-state index contributed by atoms with van der Waals surface area (Å²) >= 11 is 0. The second-order valence-electron chi connectivity index (χ2n) is 5.38. The third-order valence-corrected chi connectivity index (χ3v) is 4.18. The summed E-state index contributed by atoms with van der Waals surface area (Å²) in [5.74, 6) is 0. The summed E-state index contributed by atoms with van der Waals surface area (Å²) in [6.45, 7) is 3.88. The van der Waals surface area contributed by atoms with Gasteiger partial charge in [-0.25, -0.2) is 8.78 Å². The van der Waals surface area contributed by atoms with E-state index in [9.17, 15) is 13.2 Å². The van der Waals surface area contributed by atoms with E-state index in [1.165, 1.54) is 10.9 Å². The Morgan fingerprint density at radius 3 is 2.57 bits per heavy atom. The van der Waals surface area contributed by atoms with Crippen LogP contribution in [0.2, 0.25) is 0 Å². The Morgan fingerprint density at radius 2 is 1.90 bits per heavy atom. The van der Waals surface area contributed by atoms with E-state index < -0.39 is 6.43 Å². The highest BCUT2D eigenvalue weighted by atomic mass is 19.3. The van der Waals surface area contributed by atoms with Gasteiger partial charge >= 0.3 is 0 Å². The fraction of sp³-hybridized carbons (Fsp3) is 0.500. The number of benzene rings is 1. The zero-order valence-electron chi connectivity index (χ0n) is 12.5. The molecule has 0 fully saturated rings. The number of aromatic nitrogens is 1. The summed E-state index contributed by atoms with van der Waals surface area (Å²) in [6, 6.07) is 8.33. The van der Waals surface area contributed by atoms with E-state index in [0.29, 0.717) is 7.18 Å². The van der Waals surface area contributed by atoms with Gasteiger partial charge in [-0.05, 0) is 31.9 Å². The van der Waals surface area contributed by atoms with Crippen molar-refractivity contribution in [2.45, 2.75) is 38.8 Å². The van der Waals surface area contributed by atoms with Crippen molar-refractivity contribution in [3.63, 3.8) is 0 Å². The lowest BCUT2D eigenvalue weighted by molar-refractivity contribution is 0.0399. The van der Waals surface area contributed by atoms with Gasteiger partial charge < -0.3 is 4.98 Å². The summed E-state index contributed by atoms with van der Waals surface area (Å²) in [5, 5.41) is 1.23. The second kappa shape index (κ2) is 6.52. The first-order valence-corrected chi connectivity index (χ1v) is 7.09. The minimum Gasteiger partial charge on any atom is -0.357 e. The molecule has 1 aliphatic heterocycles. The normalized spacial score (nSPS) is 22.0. The number of nitrogens with zero attached hydrogens (tertiary/aromatic N) is 1. The van der Waals surface area contributed by atoms with Crippen LogP contribution in [0.1, 0.15) is 31.1 Å². The molecule has 2 aromatic rings. The quantitative estimate of drug-likeness (QED) is 0.874. The Bertz CT molecular complexity index is 594. The van der Waals surface area contributed by atoms with Gasteiger partial charge in [0.15, 0.2) is 0 Å². The highest BCUT2D eigenvalue weighted by molar-refractivity contribution is 5.85. The van der Waals surface area contributed by atoms with Gasteiger partial charge in [0.05, 0.1) is 13.7 Å². The number of alkyl halides is 3. The van der Waals surface area contributed by atoms with Crippen LogP contribution in [0.3, 0.4) is 0 Å². The van der Waals surface area contributed by atoms with Crippen molar-refractivity contribution in [2.24, 2.45) is 0 Å². The first-order chi connectivity index (χ1) is 10.1. The molecule has 1 aromatic carbocycles. The predicted octanol–water partition coefficient (Wildman–Crippen LogP) is 4.33. The first-order valence-electron chi connectivity index (χ1n) is 7.09. The maximum absolute atomic E-state index is 12.7. The molecule has 116 valence electrons. The van der Waals surface area contributed by atoms with Gasteiger partial charge in [0.25, 0.3) is 6.43 Å². The van der Waals surface area contributed by atoms with Crippen molar-refractivity contribution < 1.29 is 13.2 Å². The Kier molecular flexibility index (Phi) is 4.93. The number of hydrogen-bond donors (Lipinski definition) is 1. The average molecular weight is 298 g/mol. The summed E-state index contributed by atoms with van der Waals surface area (Å²) in [7, 11) is 0.500. The number of aromatic amines is 1. The number of para-hydroxylation sites is 1. The van der Waals surface area contributed by atoms with E-state index in [4.69, 9.17) is 0 Å². The molecule has 2 atom stereocenters. The molecule has 0 saturated carbocycles. The molecule has 5 heteroatoms.